The number of aliphatic carboxylic acids is 1. The van der Waals surface area contributed by atoms with Crippen LogP contribution in [-0.4, -0.2) is 63.9 Å². The first-order chi connectivity index (χ1) is 21.1. The second kappa shape index (κ2) is 14.0. The Kier molecular flexibility index (Phi) is 10.2. The second-order valence-electron chi connectivity index (χ2n) is 12.1. The van der Waals surface area contributed by atoms with Gasteiger partial charge in [-0.15, -0.1) is 0 Å². The van der Waals surface area contributed by atoms with E-state index >= 15 is 0 Å². The molecule has 9 nitrogen and oxygen atoms in total. The zero-order chi connectivity index (χ0) is 31.3. The second-order valence-corrected chi connectivity index (χ2v) is 13.0. The molecule has 1 aliphatic carbocycles. The molecule has 1 spiro atoms. The van der Waals surface area contributed by atoms with Gasteiger partial charge in [0.15, 0.2) is 0 Å². The number of carboxylic acids is 1. The number of hydrogen-bond acceptors (Lipinski definition) is 4. The Balaban J connectivity index is 1.25. The zero-order valence-corrected chi connectivity index (χ0v) is 26.1. The number of nitrogens with zero attached hydrogens (tertiary/aromatic N) is 1. The first-order valence-electron chi connectivity index (χ1n) is 15.3. The fraction of sp³-hybridized carbons (Fsp3) is 0.455. The van der Waals surface area contributed by atoms with Crippen molar-refractivity contribution in [2.45, 2.75) is 76.3 Å². The van der Waals surface area contributed by atoms with Gasteiger partial charge in [-0.3, -0.25) is 14.4 Å². The lowest BCUT2D eigenvalue weighted by Gasteiger charge is -2.45. The maximum Gasteiger partial charge on any atom is 0.326 e. The third-order valence-electron chi connectivity index (χ3n) is 9.17. The highest BCUT2D eigenvalue weighted by molar-refractivity contribution is 6.35. The van der Waals surface area contributed by atoms with Crippen LogP contribution in [-0.2, 0) is 20.8 Å². The summed E-state index contributed by atoms with van der Waals surface area (Å²) in [6.45, 7) is 1.21. The number of carbonyl (C=O) groups excluding carboxylic acids is 3. The zero-order valence-electron chi connectivity index (χ0n) is 24.5. The number of fused-ring (bicyclic) bond motifs is 1. The number of hydrogen-bond donors (Lipinski definition) is 4. The van der Waals surface area contributed by atoms with Crippen molar-refractivity contribution in [3.05, 3.63) is 69.8 Å². The largest absolute Gasteiger partial charge is 0.480 e. The van der Waals surface area contributed by atoms with E-state index in [1.807, 2.05) is 24.3 Å². The van der Waals surface area contributed by atoms with Crippen LogP contribution < -0.4 is 10.6 Å². The number of piperidine rings is 1. The Morgan fingerprint density at radius 2 is 1.59 bits per heavy atom. The molecule has 234 valence electrons. The Bertz CT molecular complexity index is 1500. The first-order valence-corrected chi connectivity index (χ1v) is 16.0. The van der Waals surface area contributed by atoms with E-state index in [2.05, 4.69) is 15.6 Å². The van der Waals surface area contributed by atoms with Gasteiger partial charge in [-0.25, -0.2) is 4.79 Å². The number of para-hydroxylation sites is 1. The summed E-state index contributed by atoms with van der Waals surface area (Å²) in [4.78, 5) is 57.0. The highest BCUT2D eigenvalue weighted by atomic mass is 35.5. The Hall–Kier alpha value is -3.56. The van der Waals surface area contributed by atoms with E-state index in [1.165, 1.54) is 50.3 Å². The van der Waals surface area contributed by atoms with E-state index in [1.54, 1.807) is 11.1 Å². The van der Waals surface area contributed by atoms with Gasteiger partial charge in [0.25, 0.3) is 5.91 Å². The lowest BCUT2D eigenvalue weighted by Crippen LogP contribution is -2.52. The maximum atomic E-state index is 13.8. The molecule has 0 radical (unpaired) electrons. The van der Waals surface area contributed by atoms with E-state index in [9.17, 15) is 24.3 Å². The van der Waals surface area contributed by atoms with Gasteiger partial charge in [-0.2, -0.15) is 0 Å². The minimum atomic E-state index is -1.16. The standard InChI is InChI=1S/C33H38Cl2N4O5/c34-23-16-21(17-24(35)19-23)30(41)38-27(31(42)39-14-12-33(13-15-39)10-4-1-5-11-33)8-9-29(40)37-28(32(43)44)18-22-20-36-26-7-3-2-6-25(22)26/h2-3,6-7,16-17,19-20,27-28,36H,1,4-5,8-15,18H2,(H,37,40)(H,38,41)(H,43,44). The molecule has 4 N–H and O–H groups in total. The monoisotopic (exact) mass is 640 g/mol. The number of halogens is 2. The smallest absolute Gasteiger partial charge is 0.326 e. The number of carboxylic acid groups (broad SMARTS) is 1. The van der Waals surface area contributed by atoms with E-state index in [4.69, 9.17) is 23.2 Å². The number of aromatic amines is 1. The highest BCUT2D eigenvalue weighted by Gasteiger charge is 2.38. The molecule has 1 aliphatic heterocycles. The molecule has 5 rings (SSSR count). The third kappa shape index (κ3) is 7.74. The number of benzene rings is 2. The molecule has 3 aromatic rings. The van der Waals surface area contributed by atoms with Crippen molar-refractivity contribution in [3.8, 4) is 0 Å². The normalized spacial score (nSPS) is 17.6. The number of likely N-dealkylation sites (tertiary alicyclic amines) is 1. The lowest BCUT2D eigenvalue weighted by atomic mass is 9.68. The Labute approximate surface area is 266 Å². The molecule has 11 heteroatoms. The molecule has 2 aliphatic rings. The van der Waals surface area contributed by atoms with Gasteiger partial charge < -0.3 is 25.6 Å². The SMILES string of the molecule is O=C(CCC(NC(=O)c1cc(Cl)cc(Cl)c1)C(=O)N1CCC2(CCCCC2)CC1)NC(Cc1c[nH]c2ccccc12)C(=O)O. The number of carbonyl (C=O) groups is 4. The van der Waals surface area contributed by atoms with Gasteiger partial charge in [0.05, 0.1) is 0 Å². The van der Waals surface area contributed by atoms with Gasteiger partial charge in [0.1, 0.15) is 12.1 Å². The van der Waals surface area contributed by atoms with Gasteiger partial charge in [0.2, 0.25) is 11.8 Å². The number of nitrogens with one attached hydrogen (secondary N) is 3. The van der Waals surface area contributed by atoms with Crippen molar-refractivity contribution >= 4 is 57.8 Å². The fourth-order valence-electron chi connectivity index (χ4n) is 6.67. The van der Waals surface area contributed by atoms with Crippen LogP contribution in [0.4, 0.5) is 0 Å². The summed E-state index contributed by atoms with van der Waals surface area (Å²) in [5, 5.41) is 16.7. The quantitative estimate of drug-likeness (QED) is 0.224. The summed E-state index contributed by atoms with van der Waals surface area (Å²) in [6, 6.07) is 9.84. The van der Waals surface area contributed by atoms with Gasteiger partial charge in [-0.1, -0.05) is 60.7 Å². The fourth-order valence-corrected chi connectivity index (χ4v) is 7.20. The number of rotatable bonds is 10. The molecule has 1 aromatic heterocycles. The summed E-state index contributed by atoms with van der Waals surface area (Å²) < 4.78 is 0. The van der Waals surface area contributed by atoms with E-state index < -0.39 is 29.9 Å². The van der Waals surface area contributed by atoms with Gasteiger partial charge >= 0.3 is 5.97 Å². The van der Waals surface area contributed by atoms with Crippen LogP contribution in [0.5, 0.6) is 0 Å². The topological polar surface area (TPSA) is 132 Å². The van der Waals surface area contributed by atoms with Crippen LogP contribution in [0.15, 0.2) is 48.7 Å². The molecule has 1 saturated heterocycles. The molecule has 2 aromatic carbocycles. The number of amides is 3. The molecule has 44 heavy (non-hydrogen) atoms. The van der Waals surface area contributed by atoms with Crippen molar-refractivity contribution < 1.29 is 24.3 Å². The van der Waals surface area contributed by atoms with Crippen LogP contribution in [0, 0.1) is 5.41 Å². The first kappa shape index (κ1) is 31.9. The van der Waals surface area contributed by atoms with Crippen molar-refractivity contribution in [2.24, 2.45) is 5.41 Å². The third-order valence-corrected chi connectivity index (χ3v) is 9.61. The van der Waals surface area contributed by atoms with Crippen LogP contribution in [0.3, 0.4) is 0 Å². The van der Waals surface area contributed by atoms with Crippen LogP contribution >= 0.6 is 23.2 Å². The minimum absolute atomic E-state index is 0.00573. The van der Waals surface area contributed by atoms with Crippen molar-refractivity contribution in [3.63, 3.8) is 0 Å². The average Bonchev–Trinajstić information content (AvgIpc) is 3.41. The predicted octanol–water partition coefficient (Wildman–Crippen LogP) is 5.74. The molecular weight excluding hydrogens is 603 g/mol. The molecular formula is C33H38Cl2N4O5. The van der Waals surface area contributed by atoms with Crippen LogP contribution in [0.1, 0.15) is 73.7 Å². The van der Waals surface area contributed by atoms with Crippen molar-refractivity contribution in [2.75, 3.05) is 13.1 Å². The highest BCUT2D eigenvalue weighted by Crippen LogP contribution is 2.44. The van der Waals surface area contributed by atoms with Gasteiger partial charge in [0, 0.05) is 58.6 Å². The predicted molar refractivity (Wildman–Crippen MR) is 170 cm³/mol. The number of aromatic nitrogens is 1. The number of H-pyrrole nitrogens is 1. The van der Waals surface area contributed by atoms with Crippen LogP contribution in [0.2, 0.25) is 10.0 Å². The lowest BCUT2D eigenvalue weighted by molar-refractivity contribution is -0.142. The van der Waals surface area contributed by atoms with E-state index in [0.717, 1.165) is 29.3 Å². The molecule has 2 fully saturated rings. The molecule has 2 heterocycles. The summed E-state index contributed by atoms with van der Waals surface area (Å²) in [6.07, 6.45) is 9.64. The molecule has 2 unspecified atom stereocenters. The summed E-state index contributed by atoms with van der Waals surface area (Å²) >= 11 is 12.2. The molecule has 3 amide bonds. The summed E-state index contributed by atoms with van der Waals surface area (Å²) in [7, 11) is 0. The van der Waals surface area contributed by atoms with E-state index in [-0.39, 0.29) is 40.8 Å². The molecule has 0 bridgehead atoms. The Morgan fingerprint density at radius 3 is 2.27 bits per heavy atom. The van der Waals surface area contributed by atoms with Crippen molar-refractivity contribution in [1.82, 2.24) is 20.5 Å². The van der Waals surface area contributed by atoms with Gasteiger partial charge in [-0.05, 0) is 67.3 Å². The van der Waals surface area contributed by atoms with Crippen LogP contribution in [0.25, 0.3) is 10.9 Å². The summed E-state index contributed by atoms with van der Waals surface area (Å²) in [5.41, 5.74) is 2.15. The summed E-state index contributed by atoms with van der Waals surface area (Å²) in [5.74, 6) is -2.46. The maximum absolute atomic E-state index is 13.8. The Morgan fingerprint density at radius 1 is 0.909 bits per heavy atom. The van der Waals surface area contributed by atoms with Crippen molar-refractivity contribution in [1.29, 1.82) is 0 Å². The average molecular weight is 642 g/mol. The molecule has 1 saturated carbocycles. The van der Waals surface area contributed by atoms with E-state index in [0.29, 0.717) is 18.5 Å². The minimum Gasteiger partial charge on any atom is -0.480 e. The molecule has 2 atom stereocenters.